The lowest BCUT2D eigenvalue weighted by atomic mass is 10.2. The monoisotopic (exact) mass is 215 g/mol. The number of hydrogen-bond acceptors (Lipinski definition) is 1. The van der Waals surface area contributed by atoms with E-state index in [1.54, 1.807) is 24.3 Å². The summed E-state index contributed by atoms with van der Waals surface area (Å²) in [7, 11) is 0. The van der Waals surface area contributed by atoms with Crippen molar-refractivity contribution >= 4 is 35.2 Å². The number of rotatable bonds is 2. The first-order valence-electron chi connectivity index (χ1n) is 3.52. The van der Waals surface area contributed by atoms with Crippen LogP contribution in [0.3, 0.4) is 0 Å². The van der Waals surface area contributed by atoms with Crippen LogP contribution in [0, 0.1) is 0 Å². The molecule has 1 rings (SSSR count). The maximum absolute atomic E-state index is 10.4. The maximum atomic E-state index is 10.4. The summed E-state index contributed by atoms with van der Waals surface area (Å²) < 4.78 is 0. The van der Waals surface area contributed by atoms with Gasteiger partial charge in [0.15, 0.2) is 0 Å². The Balaban J connectivity index is 2.96. The Morgan fingerprint density at radius 3 is 2.62 bits per heavy atom. The highest BCUT2D eigenvalue weighted by Gasteiger charge is 1.97. The standard InChI is InChI=1S/C9H7Cl2NO/c10-7-3-1-6(8(11)5-7)2-4-9(12)13/h1-5H,(H2,12,13). The molecule has 0 atom stereocenters. The molecule has 2 N–H and O–H groups in total. The van der Waals surface area contributed by atoms with Crippen molar-refractivity contribution in [3.63, 3.8) is 0 Å². The van der Waals surface area contributed by atoms with E-state index in [0.717, 1.165) is 0 Å². The van der Waals surface area contributed by atoms with Crippen LogP contribution in [0.25, 0.3) is 6.08 Å². The van der Waals surface area contributed by atoms with Crippen molar-refractivity contribution in [3.8, 4) is 0 Å². The van der Waals surface area contributed by atoms with Crippen LogP contribution in [0.4, 0.5) is 0 Å². The Morgan fingerprint density at radius 1 is 1.38 bits per heavy atom. The van der Waals surface area contributed by atoms with E-state index >= 15 is 0 Å². The molecular weight excluding hydrogens is 209 g/mol. The number of hydrogen-bond donors (Lipinski definition) is 1. The third-order valence-electron chi connectivity index (χ3n) is 1.39. The average molecular weight is 216 g/mol. The molecule has 0 fully saturated rings. The lowest BCUT2D eigenvalue weighted by molar-refractivity contribution is -0.113. The van der Waals surface area contributed by atoms with Gasteiger partial charge in [-0.1, -0.05) is 29.3 Å². The average Bonchev–Trinajstić information content (AvgIpc) is 2.02. The Morgan fingerprint density at radius 2 is 2.08 bits per heavy atom. The van der Waals surface area contributed by atoms with Crippen molar-refractivity contribution in [3.05, 3.63) is 39.9 Å². The highest BCUT2D eigenvalue weighted by Crippen LogP contribution is 2.21. The highest BCUT2D eigenvalue weighted by atomic mass is 35.5. The smallest absolute Gasteiger partial charge is 0.241 e. The van der Waals surface area contributed by atoms with Gasteiger partial charge in [0.05, 0.1) is 0 Å². The summed E-state index contributed by atoms with van der Waals surface area (Å²) in [6, 6.07) is 5.00. The number of primary amides is 1. The van der Waals surface area contributed by atoms with Crippen LogP contribution >= 0.6 is 23.2 Å². The highest BCUT2D eigenvalue weighted by molar-refractivity contribution is 6.35. The van der Waals surface area contributed by atoms with Crippen molar-refractivity contribution in [2.45, 2.75) is 0 Å². The van der Waals surface area contributed by atoms with Crippen molar-refractivity contribution in [2.24, 2.45) is 5.73 Å². The normalized spacial score (nSPS) is 10.6. The summed E-state index contributed by atoms with van der Waals surface area (Å²) in [5.41, 5.74) is 5.64. The van der Waals surface area contributed by atoms with E-state index in [4.69, 9.17) is 28.9 Å². The molecule has 0 aliphatic carbocycles. The van der Waals surface area contributed by atoms with Gasteiger partial charge in [0.1, 0.15) is 0 Å². The summed E-state index contributed by atoms with van der Waals surface area (Å²) in [6.07, 6.45) is 2.79. The Kier molecular flexibility index (Phi) is 3.34. The third kappa shape index (κ3) is 3.09. The van der Waals surface area contributed by atoms with Gasteiger partial charge < -0.3 is 5.73 Å². The fourth-order valence-corrected chi connectivity index (χ4v) is 1.28. The molecule has 0 saturated carbocycles. The molecule has 2 nitrogen and oxygen atoms in total. The van der Waals surface area contributed by atoms with Crippen LogP contribution in [-0.2, 0) is 4.79 Å². The fraction of sp³-hybridized carbons (Fsp3) is 0. The van der Waals surface area contributed by atoms with Gasteiger partial charge >= 0.3 is 0 Å². The van der Waals surface area contributed by atoms with Gasteiger partial charge in [0.25, 0.3) is 0 Å². The summed E-state index contributed by atoms with van der Waals surface area (Å²) in [5.74, 6) is -0.508. The molecular formula is C9H7Cl2NO. The van der Waals surface area contributed by atoms with E-state index in [2.05, 4.69) is 0 Å². The van der Waals surface area contributed by atoms with E-state index in [-0.39, 0.29) is 0 Å². The minimum Gasteiger partial charge on any atom is -0.366 e. The third-order valence-corrected chi connectivity index (χ3v) is 1.95. The Labute approximate surface area is 85.9 Å². The van der Waals surface area contributed by atoms with Gasteiger partial charge in [-0.2, -0.15) is 0 Å². The Hall–Kier alpha value is -0.990. The molecule has 0 aliphatic heterocycles. The first kappa shape index (κ1) is 10.1. The van der Waals surface area contributed by atoms with E-state index in [0.29, 0.717) is 15.6 Å². The molecule has 13 heavy (non-hydrogen) atoms. The summed E-state index contributed by atoms with van der Waals surface area (Å²) >= 11 is 11.5. The van der Waals surface area contributed by atoms with Gasteiger partial charge in [-0.15, -0.1) is 0 Å². The number of benzene rings is 1. The van der Waals surface area contributed by atoms with Crippen LogP contribution < -0.4 is 5.73 Å². The van der Waals surface area contributed by atoms with E-state index < -0.39 is 5.91 Å². The summed E-state index contributed by atoms with van der Waals surface area (Å²) in [5, 5.41) is 1.05. The lowest BCUT2D eigenvalue weighted by Gasteiger charge is -1.97. The first-order valence-corrected chi connectivity index (χ1v) is 4.28. The molecule has 0 aromatic heterocycles. The number of carbonyl (C=O) groups excluding carboxylic acids is 1. The van der Waals surface area contributed by atoms with Gasteiger partial charge in [0.2, 0.25) is 5.91 Å². The zero-order valence-electron chi connectivity index (χ0n) is 6.63. The molecule has 0 spiro atoms. The molecule has 4 heteroatoms. The first-order chi connectivity index (χ1) is 6.09. The molecule has 1 aromatic rings. The van der Waals surface area contributed by atoms with Crippen molar-refractivity contribution in [2.75, 3.05) is 0 Å². The molecule has 0 unspecified atom stereocenters. The topological polar surface area (TPSA) is 43.1 Å². The zero-order valence-corrected chi connectivity index (χ0v) is 8.14. The second kappa shape index (κ2) is 4.30. The van der Waals surface area contributed by atoms with Crippen LogP contribution in [0.5, 0.6) is 0 Å². The van der Waals surface area contributed by atoms with Crippen LogP contribution in [0.1, 0.15) is 5.56 Å². The number of amides is 1. The van der Waals surface area contributed by atoms with Crippen LogP contribution in [-0.4, -0.2) is 5.91 Å². The van der Waals surface area contributed by atoms with Gasteiger partial charge in [0, 0.05) is 16.1 Å². The predicted molar refractivity (Wildman–Crippen MR) is 54.7 cm³/mol. The second-order valence-electron chi connectivity index (χ2n) is 2.40. The molecule has 0 saturated heterocycles. The van der Waals surface area contributed by atoms with Gasteiger partial charge in [-0.05, 0) is 23.8 Å². The Bertz CT molecular complexity index is 361. The lowest BCUT2D eigenvalue weighted by Crippen LogP contribution is -2.05. The summed E-state index contributed by atoms with van der Waals surface area (Å²) in [6.45, 7) is 0. The van der Waals surface area contributed by atoms with Crippen molar-refractivity contribution < 1.29 is 4.79 Å². The maximum Gasteiger partial charge on any atom is 0.241 e. The zero-order chi connectivity index (χ0) is 9.84. The molecule has 0 radical (unpaired) electrons. The predicted octanol–water partition coefficient (Wildman–Crippen LogP) is 2.49. The number of halogens is 2. The molecule has 0 aliphatic rings. The van der Waals surface area contributed by atoms with Crippen LogP contribution in [0.15, 0.2) is 24.3 Å². The molecule has 0 bridgehead atoms. The minimum atomic E-state index is -0.508. The molecule has 0 heterocycles. The van der Waals surface area contributed by atoms with E-state index in [1.807, 2.05) is 0 Å². The molecule has 1 amide bonds. The van der Waals surface area contributed by atoms with Gasteiger partial charge in [-0.25, -0.2) is 0 Å². The quantitative estimate of drug-likeness (QED) is 0.758. The van der Waals surface area contributed by atoms with Crippen LogP contribution in [0.2, 0.25) is 10.0 Å². The van der Waals surface area contributed by atoms with Crippen molar-refractivity contribution in [1.82, 2.24) is 0 Å². The fourth-order valence-electron chi connectivity index (χ4n) is 0.809. The van der Waals surface area contributed by atoms with Crippen molar-refractivity contribution in [1.29, 1.82) is 0 Å². The SMILES string of the molecule is NC(=O)C=Cc1ccc(Cl)cc1Cl. The van der Waals surface area contributed by atoms with E-state index in [9.17, 15) is 4.79 Å². The number of carbonyl (C=O) groups is 1. The summed E-state index contributed by atoms with van der Waals surface area (Å²) in [4.78, 5) is 10.4. The number of nitrogens with two attached hydrogens (primary N) is 1. The second-order valence-corrected chi connectivity index (χ2v) is 3.25. The minimum absolute atomic E-state index is 0.491. The molecule has 1 aromatic carbocycles. The van der Waals surface area contributed by atoms with Gasteiger partial charge in [-0.3, -0.25) is 4.79 Å². The van der Waals surface area contributed by atoms with E-state index in [1.165, 1.54) is 6.08 Å². The largest absolute Gasteiger partial charge is 0.366 e. The molecule has 68 valence electrons.